The maximum atomic E-state index is 12.1. The number of fused-ring (bicyclic) bond motifs is 5. The van der Waals surface area contributed by atoms with Crippen molar-refractivity contribution in [2.45, 2.75) is 124 Å². The van der Waals surface area contributed by atoms with Crippen LogP contribution < -0.4 is 0 Å². The van der Waals surface area contributed by atoms with E-state index in [1.165, 1.54) is 51.4 Å². The van der Waals surface area contributed by atoms with Crippen LogP contribution in [-0.4, -0.2) is 17.5 Å². The van der Waals surface area contributed by atoms with E-state index in [4.69, 9.17) is 16.3 Å². The van der Waals surface area contributed by atoms with E-state index in [0.717, 1.165) is 54.8 Å². The molecule has 2 nitrogen and oxygen atoms in total. The molecule has 3 heteroatoms. The summed E-state index contributed by atoms with van der Waals surface area (Å²) in [4.78, 5) is 12.1. The maximum Gasteiger partial charge on any atom is 0.324 e. The minimum Gasteiger partial charge on any atom is -0.461 e. The van der Waals surface area contributed by atoms with Crippen LogP contribution in [0.2, 0.25) is 0 Å². The molecule has 3 saturated carbocycles. The van der Waals surface area contributed by atoms with Crippen molar-refractivity contribution in [2.24, 2.45) is 46.3 Å². The molecule has 9 atom stereocenters. The fourth-order valence-corrected chi connectivity index (χ4v) is 9.06. The molecular formula is C30H49ClO2. The molecule has 0 N–H and O–H groups in total. The number of hydrogen-bond acceptors (Lipinski definition) is 2. The molecule has 0 spiro atoms. The van der Waals surface area contributed by atoms with Gasteiger partial charge in [-0.3, -0.25) is 4.79 Å². The lowest BCUT2D eigenvalue weighted by Gasteiger charge is -2.58. The summed E-state index contributed by atoms with van der Waals surface area (Å²) in [6, 6.07) is 0. The van der Waals surface area contributed by atoms with Gasteiger partial charge in [-0.2, -0.15) is 0 Å². The number of ether oxygens (including phenoxy) is 1. The van der Waals surface area contributed by atoms with Crippen LogP contribution in [0.5, 0.6) is 0 Å². The molecule has 0 unspecified atom stereocenters. The van der Waals surface area contributed by atoms with Crippen LogP contribution in [0, 0.1) is 46.3 Å². The van der Waals surface area contributed by atoms with Crippen LogP contribution in [0.15, 0.2) is 11.6 Å². The summed E-state index contributed by atoms with van der Waals surface area (Å²) < 4.78 is 5.74. The summed E-state index contributed by atoms with van der Waals surface area (Å²) in [5.41, 5.74) is 2.43. The Morgan fingerprint density at radius 1 is 1.06 bits per heavy atom. The third kappa shape index (κ3) is 4.81. The van der Waals surface area contributed by atoms with Gasteiger partial charge in [0.2, 0.25) is 0 Å². The van der Waals surface area contributed by atoms with E-state index in [0.29, 0.717) is 10.8 Å². The van der Waals surface area contributed by atoms with E-state index in [2.05, 4.69) is 40.7 Å². The number of carbonyl (C=O) groups excluding carboxylic acids is 1. The highest BCUT2D eigenvalue weighted by molar-refractivity contribution is 6.29. The summed E-state index contributed by atoms with van der Waals surface area (Å²) >= 11 is 5.95. The maximum absolute atomic E-state index is 12.1. The first-order chi connectivity index (χ1) is 15.6. The molecule has 4 aliphatic carbocycles. The Labute approximate surface area is 208 Å². The average Bonchev–Trinajstić information content (AvgIpc) is 3.11. The number of allylic oxidation sites excluding steroid dienone is 1. The van der Waals surface area contributed by atoms with Gasteiger partial charge in [-0.1, -0.05) is 65.5 Å². The molecule has 0 bridgehead atoms. The molecule has 4 aliphatic rings. The first-order valence-electron chi connectivity index (χ1n) is 14.1. The molecule has 0 aromatic rings. The van der Waals surface area contributed by atoms with Crippen LogP contribution >= 0.6 is 11.6 Å². The largest absolute Gasteiger partial charge is 0.461 e. The van der Waals surface area contributed by atoms with Crippen molar-refractivity contribution in [1.82, 2.24) is 0 Å². The van der Waals surface area contributed by atoms with Crippen molar-refractivity contribution in [1.29, 1.82) is 0 Å². The molecule has 4 rings (SSSR count). The van der Waals surface area contributed by atoms with E-state index in [1.54, 1.807) is 12.5 Å². The first-order valence-corrected chi connectivity index (χ1v) is 14.5. The Balaban J connectivity index is 1.45. The fourth-order valence-electron chi connectivity index (χ4n) is 9.01. The zero-order valence-electron chi connectivity index (χ0n) is 22.2. The molecule has 33 heavy (non-hydrogen) atoms. The Morgan fingerprint density at radius 2 is 1.82 bits per heavy atom. The lowest BCUT2D eigenvalue weighted by atomic mass is 9.47. The summed E-state index contributed by atoms with van der Waals surface area (Å²) in [6.45, 7) is 14.2. The van der Waals surface area contributed by atoms with Crippen molar-refractivity contribution in [2.75, 3.05) is 0 Å². The zero-order valence-corrected chi connectivity index (χ0v) is 22.9. The van der Waals surface area contributed by atoms with Crippen molar-refractivity contribution >= 4 is 17.6 Å². The molecule has 0 aliphatic heterocycles. The average molecular weight is 477 g/mol. The molecule has 188 valence electrons. The Hall–Kier alpha value is -0.500. The molecule has 0 saturated heterocycles. The predicted octanol–water partition coefficient (Wildman–Crippen LogP) is 8.57. The predicted molar refractivity (Wildman–Crippen MR) is 138 cm³/mol. The molecule has 0 radical (unpaired) electrons. The Bertz CT molecular complexity index is 742. The quantitative estimate of drug-likeness (QED) is 0.209. The highest BCUT2D eigenvalue weighted by atomic mass is 35.5. The summed E-state index contributed by atoms with van der Waals surface area (Å²) in [5.74, 6) is 4.93. The second kappa shape index (κ2) is 9.87. The van der Waals surface area contributed by atoms with Gasteiger partial charge in [0.25, 0.3) is 0 Å². The van der Waals surface area contributed by atoms with E-state index in [9.17, 15) is 4.79 Å². The number of halogens is 1. The van der Waals surface area contributed by atoms with Crippen molar-refractivity contribution in [3.63, 3.8) is 0 Å². The molecular weight excluding hydrogens is 428 g/mol. The zero-order chi connectivity index (χ0) is 24.0. The van der Waals surface area contributed by atoms with Gasteiger partial charge >= 0.3 is 5.97 Å². The first kappa shape index (κ1) is 25.6. The van der Waals surface area contributed by atoms with Crippen molar-refractivity contribution in [3.8, 4) is 0 Å². The standard InChI is InChI=1S/C30H49ClO2/c1-19(2)8-7-9-20(3)25-12-13-26-24-11-10-22-18-23(33-28(32)21(4)31)14-16-29(22,5)27(24)15-17-30(25,26)6/h10,19-21,23-27H,7-9,11-18H2,1-6H3/t20-,21+,23+,24-,25+,26-,27-,29-,30+/m0/s1. The molecule has 0 aromatic heterocycles. The number of hydrogen-bond donors (Lipinski definition) is 0. The monoisotopic (exact) mass is 476 g/mol. The van der Waals surface area contributed by atoms with Crippen LogP contribution in [0.25, 0.3) is 0 Å². The third-order valence-electron chi connectivity index (χ3n) is 10.9. The second-order valence-corrected chi connectivity index (χ2v) is 13.9. The van der Waals surface area contributed by atoms with Crippen LogP contribution in [0.3, 0.4) is 0 Å². The van der Waals surface area contributed by atoms with E-state index in [1.807, 2.05) is 0 Å². The summed E-state index contributed by atoms with van der Waals surface area (Å²) in [7, 11) is 0. The van der Waals surface area contributed by atoms with Gasteiger partial charge in [-0.05, 0) is 98.2 Å². The fraction of sp³-hybridized carbons (Fsp3) is 0.900. The van der Waals surface area contributed by atoms with Crippen molar-refractivity contribution in [3.05, 3.63) is 11.6 Å². The lowest BCUT2D eigenvalue weighted by Crippen LogP contribution is -2.51. The normalized spacial score (nSPS) is 42.1. The van der Waals surface area contributed by atoms with E-state index in [-0.39, 0.29) is 12.1 Å². The van der Waals surface area contributed by atoms with Crippen LogP contribution in [-0.2, 0) is 9.53 Å². The lowest BCUT2D eigenvalue weighted by molar-refractivity contribution is -0.150. The summed E-state index contributed by atoms with van der Waals surface area (Å²) in [6.07, 6.45) is 16.8. The molecule has 0 aromatic carbocycles. The van der Waals surface area contributed by atoms with E-state index < -0.39 is 5.38 Å². The number of alkyl halides is 1. The number of rotatable bonds is 7. The molecule has 0 amide bonds. The van der Waals surface area contributed by atoms with Gasteiger partial charge in [0, 0.05) is 6.42 Å². The topological polar surface area (TPSA) is 26.3 Å². The number of carbonyl (C=O) groups is 1. The van der Waals surface area contributed by atoms with E-state index >= 15 is 0 Å². The van der Waals surface area contributed by atoms with Crippen LogP contribution in [0.4, 0.5) is 0 Å². The highest BCUT2D eigenvalue weighted by Gasteiger charge is 2.59. The highest BCUT2D eigenvalue weighted by Crippen LogP contribution is 2.67. The second-order valence-electron chi connectivity index (χ2n) is 13.2. The van der Waals surface area contributed by atoms with Gasteiger partial charge < -0.3 is 4.74 Å². The SMILES string of the molecule is CC(C)CCC[C@H](C)[C@H]1CC[C@H]2[C@@H]3CC=C4C[C@H](OC(=O)[C@@H](C)Cl)CC[C@]4(C)[C@H]3CC[C@]12C. The number of esters is 1. The smallest absolute Gasteiger partial charge is 0.324 e. The van der Waals surface area contributed by atoms with Crippen LogP contribution in [0.1, 0.15) is 112 Å². The van der Waals surface area contributed by atoms with Gasteiger partial charge in [0.15, 0.2) is 0 Å². The van der Waals surface area contributed by atoms with Gasteiger partial charge in [0.05, 0.1) is 0 Å². The van der Waals surface area contributed by atoms with Gasteiger partial charge in [0.1, 0.15) is 11.5 Å². The summed E-state index contributed by atoms with van der Waals surface area (Å²) in [5, 5.41) is -0.554. The Kier molecular flexibility index (Phi) is 7.65. The Morgan fingerprint density at radius 3 is 2.52 bits per heavy atom. The molecule has 0 heterocycles. The third-order valence-corrected chi connectivity index (χ3v) is 11.0. The van der Waals surface area contributed by atoms with Crippen molar-refractivity contribution < 1.29 is 9.53 Å². The molecule has 3 fully saturated rings. The minimum atomic E-state index is -0.554. The minimum absolute atomic E-state index is 0.0194. The van der Waals surface area contributed by atoms with Gasteiger partial charge in [-0.15, -0.1) is 11.6 Å². The van der Waals surface area contributed by atoms with Gasteiger partial charge in [-0.25, -0.2) is 0 Å².